The molecule has 12 aromatic carbocycles. The Morgan fingerprint density at radius 1 is 0.351 bits per heavy atom. The number of benzene rings is 12. The van der Waals surface area contributed by atoms with Gasteiger partial charge >= 0.3 is 0 Å². The summed E-state index contributed by atoms with van der Waals surface area (Å²) in [6, 6.07) is 53.8. The lowest BCUT2D eigenvalue weighted by molar-refractivity contribution is 0.112. The van der Waals surface area contributed by atoms with Gasteiger partial charge in [0, 0.05) is 17.7 Å². The molecule has 0 aliphatic heterocycles. The third-order valence-electron chi connectivity index (χ3n) is 18.3. The summed E-state index contributed by atoms with van der Waals surface area (Å²) >= 11 is 0. The van der Waals surface area contributed by atoms with Crippen LogP contribution in [0.5, 0.6) is 46.0 Å². The first-order chi connectivity index (χ1) is 45.6. The van der Waals surface area contributed by atoms with Gasteiger partial charge in [0.15, 0.2) is 6.29 Å². The highest BCUT2D eigenvalue weighted by Gasteiger charge is 2.28. The number of halogens is 4. The van der Waals surface area contributed by atoms with Crippen LogP contribution in [0, 0.1) is 0 Å². The van der Waals surface area contributed by atoms with Gasteiger partial charge in [0.05, 0.1) is 49.3 Å². The van der Waals surface area contributed by atoms with Crippen LogP contribution >= 0.6 is 0 Å². The van der Waals surface area contributed by atoms with E-state index in [0.29, 0.717) is 35.1 Å². The van der Waals surface area contributed by atoms with Crippen molar-refractivity contribution in [3.8, 4) is 90.5 Å². The van der Waals surface area contributed by atoms with Gasteiger partial charge in [0.2, 0.25) is 0 Å². The molecule has 4 aliphatic carbocycles. The molecule has 0 radical (unpaired) electrons. The number of aromatic hydroxyl groups is 2. The Kier molecular flexibility index (Phi) is 16.8. The van der Waals surface area contributed by atoms with Crippen molar-refractivity contribution in [2.24, 2.45) is 0 Å². The zero-order chi connectivity index (χ0) is 65.6. The molecular formula is C80H62F4O10. The van der Waals surface area contributed by atoms with Crippen LogP contribution in [-0.4, -0.2) is 64.3 Å². The maximum atomic E-state index is 13.2. The fourth-order valence-corrected chi connectivity index (χ4v) is 13.9. The average Bonchev–Trinajstić information content (AvgIpc) is 1.59. The molecule has 0 aromatic heterocycles. The van der Waals surface area contributed by atoms with Crippen molar-refractivity contribution < 1.29 is 66.1 Å². The first kappa shape index (κ1) is 61.8. The molecule has 0 fully saturated rings. The van der Waals surface area contributed by atoms with Crippen LogP contribution in [0.4, 0.5) is 17.6 Å². The van der Waals surface area contributed by atoms with Crippen LogP contribution in [0.3, 0.4) is 0 Å². The molecule has 470 valence electrons. The number of methoxy groups -OCH3 is 6. The Labute approximate surface area is 539 Å². The number of rotatable bonds is 10. The van der Waals surface area contributed by atoms with Crippen molar-refractivity contribution in [1.82, 2.24) is 0 Å². The summed E-state index contributed by atoms with van der Waals surface area (Å²) < 4.78 is 84.1. The summed E-state index contributed by atoms with van der Waals surface area (Å²) in [7, 11) is 9.84. The van der Waals surface area contributed by atoms with E-state index in [1.54, 1.807) is 66.9 Å². The number of hydrogen-bond donors (Lipinski definition) is 3. The quantitative estimate of drug-likeness (QED) is 0.0898. The number of carbonyl (C=O) groups excluding carboxylic acids is 1. The molecule has 0 atom stereocenters. The highest BCUT2D eigenvalue weighted by atomic mass is 19.3. The molecule has 0 spiro atoms. The Morgan fingerprint density at radius 2 is 0.649 bits per heavy atom. The predicted molar refractivity (Wildman–Crippen MR) is 363 cm³/mol. The SMILES string of the molecule is COc1ccc2c(c1)Cc1c-2cc2ccc(OC)cc2c1C=C(F)F.COc1ccc2c(c1)Cc1c-2cc2ccc(OC)cc2c1C=O.COc1ccc2c(c1)Cc1c-2cc2ccc(OC)cc2c1CO.Oc1ccc2c(c1)Cc1c-2cc2ccc(O)cc2c1C=C(F)F. The van der Waals surface area contributed by atoms with Gasteiger partial charge in [-0.15, -0.1) is 0 Å². The van der Waals surface area contributed by atoms with Gasteiger partial charge in [-0.2, -0.15) is 17.6 Å². The zero-order valence-corrected chi connectivity index (χ0v) is 52.1. The summed E-state index contributed by atoms with van der Waals surface area (Å²) in [5, 5.41) is 36.6. The molecule has 0 amide bonds. The van der Waals surface area contributed by atoms with Gasteiger partial charge in [0.25, 0.3) is 12.2 Å². The zero-order valence-electron chi connectivity index (χ0n) is 52.1. The number of aldehydes is 1. The number of hydrogen-bond acceptors (Lipinski definition) is 10. The topological polar surface area (TPSA) is 133 Å². The van der Waals surface area contributed by atoms with Crippen molar-refractivity contribution in [2.75, 3.05) is 42.7 Å². The van der Waals surface area contributed by atoms with E-state index in [2.05, 4.69) is 48.5 Å². The van der Waals surface area contributed by atoms with E-state index in [1.165, 1.54) is 39.4 Å². The maximum Gasteiger partial charge on any atom is 0.270 e. The van der Waals surface area contributed by atoms with E-state index >= 15 is 0 Å². The number of aliphatic hydroxyl groups excluding tert-OH is 1. The van der Waals surface area contributed by atoms with Crippen LogP contribution in [-0.2, 0) is 32.3 Å². The molecular weight excluding hydrogens is 1200 g/mol. The summed E-state index contributed by atoms with van der Waals surface area (Å²) in [6.07, 6.45) is 1.96. The van der Waals surface area contributed by atoms with Crippen LogP contribution < -0.4 is 28.4 Å². The molecule has 10 nitrogen and oxygen atoms in total. The van der Waals surface area contributed by atoms with Crippen LogP contribution in [0.2, 0.25) is 0 Å². The minimum Gasteiger partial charge on any atom is -0.508 e. The van der Waals surface area contributed by atoms with E-state index in [1.807, 2.05) is 91.0 Å². The Hall–Kier alpha value is -11.1. The second-order valence-corrected chi connectivity index (χ2v) is 23.3. The molecule has 0 bridgehead atoms. The lowest BCUT2D eigenvalue weighted by Crippen LogP contribution is -1.95. The standard InChI is InChI=1S/C21H16F2O2.C20H18O3.C20H16O3.C19H12F2O2/c1-24-14-5-6-16-13(7-14)9-19-18(16)8-12-3-4-15(25-2)10-17(12)20(19)11-21(22)23;2*1-22-14-5-6-16-13(7-14)9-19-18(16)8-12-3-4-15(23-2)10-17(12)20(19)11-21;20-19(21)9-18-15-8-13(23)2-1-10(15)6-16-14-4-3-12(22)5-11(14)7-17(16)18/h3-8,10-11H,9H2,1-2H3;3-8,10,21H,9,11H2,1-2H3;3-8,10-11H,9H2,1-2H3;1-6,8-9,22-23H,7H2. The van der Waals surface area contributed by atoms with Gasteiger partial charge in [-0.05, 0) is 296 Å². The van der Waals surface area contributed by atoms with E-state index in [4.69, 9.17) is 28.4 Å². The lowest BCUT2D eigenvalue weighted by atomic mass is 9.94. The maximum absolute atomic E-state index is 13.2. The molecule has 3 N–H and O–H groups in total. The van der Waals surface area contributed by atoms with Gasteiger partial charge < -0.3 is 43.7 Å². The number of phenols is 2. The molecule has 14 heteroatoms. The monoisotopic (exact) mass is 1260 g/mol. The van der Waals surface area contributed by atoms with Crippen molar-refractivity contribution in [3.05, 3.63) is 249 Å². The molecule has 0 unspecified atom stereocenters. The molecule has 0 saturated carbocycles. The minimum absolute atomic E-state index is 0.0258. The second-order valence-electron chi connectivity index (χ2n) is 23.3. The van der Waals surface area contributed by atoms with Crippen LogP contribution in [0.25, 0.3) is 99.7 Å². The highest BCUT2D eigenvalue weighted by molar-refractivity contribution is 6.06. The largest absolute Gasteiger partial charge is 0.508 e. The van der Waals surface area contributed by atoms with E-state index in [0.717, 1.165) is 164 Å². The first-order valence-electron chi connectivity index (χ1n) is 30.3. The molecule has 16 rings (SSSR count). The lowest BCUT2D eigenvalue weighted by Gasteiger charge is -2.12. The number of carbonyl (C=O) groups is 1. The fourth-order valence-electron chi connectivity index (χ4n) is 13.9. The first-order valence-corrected chi connectivity index (χ1v) is 30.3. The molecule has 0 heterocycles. The fraction of sp³-hybridized carbons (Fsp3) is 0.138. The number of phenolic OH excluding ortho intramolecular Hbond substituents is 2. The summed E-state index contributed by atoms with van der Waals surface area (Å²) in [6.45, 7) is 0.0258. The summed E-state index contributed by atoms with van der Waals surface area (Å²) in [5.41, 5.74) is 19.8. The molecule has 0 saturated heterocycles. The van der Waals surface area contributed by atoms with Crippen molar-refractivity contribution in [2.45, 2.75) is 32.3 Å². The smallest absolute Gasteiger partial charge is 0.270 e. The van der Waals surface area contributed by atoms with Gasteiger partial charge in [-0.1, -0.05) is 48.5 Å². The number of aliphatic hydroxyl groups is 1. The van der Waals surface area contributed by atoms with E-state index in [9.17, 15) is 37.7 Å². The van der Waals surface area contributed by atoms with Crippen molar-refractivity contribution in [1.29, 1.82) is 0 Å². The summed E-state index contributed by atoms with van der Waals surface area (Å²) in [4.78, 5) is 11.8. The minimum atomic E-state index is -1.78. The predicted octanol–water partition coefficient (Wildman–Crippen LogP) is 18.9. The van der Waals surface area contributed by atoms with Crippen molar-refractivity contribution >= 4 is 61.5 Å². The normalized spacial score (nSPS) is 12.0. The highest BCUT2D eigenvalue weighted by Crippen LogP contribution is 2.48. The number of ether oxygens (including phenoxy) is 6. The Bertz CT molecular complexity index is 5140. The van der Waals surface area contributed by atoms with Crippen molar-refractivity contribution in [3.63, 3.8) is 0 Å². The van der Waals surface area contributed by atoms with Gasteiger partial charge in [-0.3, -0.25) is 4.79 Å². The molecule has 12 aromatic rings. The third kappa shape index (κ3) is 11.4. The van der Waals surface area contributed by atoms with Gasteiger partial charge in [-0.25, -0.2) is 0 Å². The second kappa shape index (κ2) is 25.5. The van der Waals surface area contributed by atoms with E-state index in [-0.39, 0.29) is 18.1 Å². The molecule has 4 aliphatic rings. The molecule has 94 heavy (non-hydrogen) atoms. The summed E-state index contributed by atoms with van der Waals surface area (Å²) in [5.74, 6) is 4.91. The van der Waals surface area contributed by atoms with E-state index < -0.39 is 12.2 Å². The Balaban J connectivity index is 0.000000114. The third-order valence-corrected chi connectivity index (χ3v) is 18.3. The van der Waals surface area contributed by atoms with Gasteiger partial charge in [0.1, 0.15) is 46.0 Å². The number of fused-ring (bicyclic) bond motifs is 16. The average molecular weight is 1260 g/mol. The Morgan fingerprint density at radius 3 is 1.05 bits per heavy atom. The van der Waals surface area contributed by atoms with Crippen LogP contribution in [0.1, 0.15) is 71.6 Å². The van der Waals surface area contributed by atoms with Crippen LogP contribution in [0.15, 0.2) is 182 Å².